The van der Waals surface area contributed by atoms with Crippen LogP contribution in [0.4, 0.5) is 0 Å². The minimum absolute atomic E-state index is 0.653. The maximum Gasteiger partial charge on any atom is 0.181 e. The Morgan fingerprint density at radius 3 is 1.64 bits per heavy atom. The van der Waals surface area contributed by atoms with Gasteiger partial charge < -0.3 is 0 Å². The molecular formula is C23H18N10. The van der Waals surface area contributed by atoms with E-state index in [-0.39, 0.29) is 0 Å². The van der Waals surface area contributed by atoms with Gasteiger partial charge in [0.15, 0.2) is 11.3 Å². The fourth-order valence-corrected chi connectivity index (χ4v) is 3.82. The topological polar surface area (TPSA) is 113 Å². The first-order chi connectivity index (χ1) is 16.3. The molecule has 0 bridgehead atoms. The van der Waals surface area contributed by atoms with Crippen LogP contribution in [0.5, 0.6) is 0 Å². The van der Waals surface area contributed by atoms with Crippen LogP contribution in [-0.2, 0) is 12.8 Å². The quantitative estimate of drug-likeness (QED) is 0.393. The molecule has 0 amide bonds. The van der Waals surface area contributed by atoms with Crippen molar-refractivity contribution in [2.75, 3.05) is 0 Å². The Kier molecular flexibility index (Phi) is 4.72. The molecule has 0 N–H and O–H groups in total. The van der Waals surface area contributed by atoms with Crippen molar-refractivity contribution in [2.45, 2.75) is 19.3 Å². The highest BCUT2D eigenvalue weighted by Gasteiger charge is 2.09. The van der Waals surface area contributed by atoms with E-state index in [9.17, 15) is 0 Å². The molecule has 0 aliphatic rings. The molecule has 6 aromatic heterocycles. The van der Waals surface area contributed by atoms with Crippen molar-refractivity contribution in [3.8, 4) is 11.6 Å². The second kappa shape index (κ2) is 8.15. The minimum atomic E-state index is 0.653. The summed E-state index contributed by atoms with van der Waals surface area (Å²) in [6, 6.07) is 12.0. The lowest BCUT2D eigenvalue weighted by Gasteiger charge is -2.07. The molecule has 6 rings (SSSR count). The second-order valence-electron chi connectivity index (χ2n) is 7.52. The van der Waals surface area contributed by atoms with Crippen molar-refractivity contribution in [3.05, 3.63) is 85.5 Å². The number of aromatic nitrogens is 10. The zero-order valence-corrected chi connectivity index (χ0v) is 17.5. The minimum Gasteiger partial charge on any atom is -0.280 e. The van der Waals surface area contributed by atoms with E-state index >= 15 is 0 Å². The standard InChI is InChI=1S/C23H18N10/c1(4-16-6-2-8-20(30-16)32-14-28-22-18(32)10-24-12-26-22)5-17-7-3-9-21(31-17)33-15-29-23-19(33)11-25-13-27-23/h2-3,6-15H,1,4-5H2. The van der Waals surface area contributed by atoms with Gasteiger partial charge in [0.25, 0.3) is 0 Å². The molecule has 6 aromatic rings. The summed E-state index contributed by atoms with van der Waals surface area (Å²) in [5.41, 5.74) is 5.00. The largest absolute Gasteiger partial charge is 0.280 e. The molecule has 0 aromatic carbocycles. The molecule has 0 saturated heterocycles. The van der Waals surface area contributed by atoms with Crippen LogP contribution in [0, 0.1) is 0 Å². The van der Waals surface area contributed by atoms with E-state index in [4.69, 9.17) is 9.97 Å². The van der Waals surface area contributed by atoms with Gasteiger partial charge >= 0.3 is 0 Å². The zero-order valence-electron chi connectivity index (χ0n) is 17.5. The molecule has 6 heterocycles. The van der Waals surface area contributed by atoms with Crippen molar-refractivity contribution >= 4 is 22.3 Å². The van der Waals surface area contributed by atoms with Crippen LogP contribution < -0.4 is 0 Å². The molecular weight excluding hydrogens is 416 g/mol. The fraction of sp³-hybridized carbons (Fsp3) is 0.130. The first kappa shape index (κ1) is 19.1. The van der Waals surface area contributed by atoms with Gasteiger partial charge in [0.05, 0.1) is 12.4 Å². The molecule has 10 nitrogen and oxygen atoms in total. The summed E-state index contributed by atoms with van der Waals surface area (Å²) in [4.78, 5) is 34.8. The summed E-state index contributed by atoms with van der Waals surface area (Å²) in [5.74, 6) is 1.61. The van der Waals surface area contributed by atoms with Gasteiger partial charge in [-0.25, -0.2) is 39.9 Å². The van der Waals surface area contributed by atoms with E-state index in [1.165, 1.54) is 12.7 Å². The van der Waals surface area contributed by atoms with E-state index in [0.717, 1.165) is 53.3 Å². The van der Waals surface area contributed by atoms with Crippen molar-refractivity contribution in [3.63, 3.8) is 0 Å². The smallest absolute Gasteiger partial charge is 0.181 e. The van der Waals surface area contributed by atoms with Gasteiger partial charge in [-0.1, -0.05) is 12.1 Å². The Balaban J connectivity index is 1.17. The third-order valence-electron chi connectivity index (χ3n) is 5.40. The third-order valence-corrected chi connectivity index (χ3v) is 5.40. The number of hydrogen-bond donors (Lipinski definition) is 0. The van der Waals surface area contributed by atoms with Gasteiger partial charge in [-0.05, 0) is 43.5 Å². The monoisotopic (exact) mass is 434 g/mol. The average molecular weight is 434 g/mol. The maximum absolute atomic E-state index is 4.81. The van der Waals surface area contributed by atoms with E-state index in [1.54, 1.807) is 25.0 Å². The predicted octanol–water partition coefficient (Wildman–Crippen LogP) is 2.91. The van der Waals surface area contributed by atoms with Crippen molar-refractivity contribution in [2.24, 2.45) is 0 Å². The van der Waals surface area contributed by atoms with Crippen LogP contribution in [0.3, 0.4) is 0 Å². The SMILES string of the molecule is c1cc(CCCc2cccc(-n3cnc4ncncc43)n2)nc(-n2cnc3ncncc32)c1. The number of pyridine rings is 2. The van der Waals surface area contributed by atoms with Crippen LogP contribution >= 0.6 is 0 Å². The van der Waals surface area contributed by atoms with Crippen LogP contribution in [0.25, 0.3) is 34.0 Å². The van der Waals surface area contributed by atoms with Gasteiger partial charge in [-0.15, -0.1) is 0 Å². The summed E-state index contributed by atoms with van der Waals surface area (Å²) in [6.45, 7) is 0. The molecule has 0 spiro atoms. The molecule has 0 atom stereocenters. The highest BCUT2D eigenvalue weighted by atomic mass is 15.1. The Morgan fingerprint density at radius 2 is 1.12 bits per heavy atom. The third kappa shape index (κ3) is 3.67. The summed E-state index contributed by atoms with van der Waals surface area (Å²) in [7, 11) is 0. The van der Waals surface area contributed by atoms with Gasteiger partial charge in [-0.2, -0.15) is 0 Å². The first-order valence-corrected chi connectivity index (χ1v) is 10.5. The molecule has 0 radical (unpaired) electrons. The number of rotatable bonds is 6. The maximum atomic E-state index is 4.81. The van der Waals surface area contributed by atoms with Crippen molar-refractivity contribution < 1.29 is 0 Å². The van der Waals surface area contributed by atoms with E-state index in [0.29, 0.717) is 11.3 Å². The zero-order chi connectivity index (χ0) is 22.0. The lowest BCUT2D eigenvalue weighted by atomic mass is 10.1. The number of nitrogens with zero attached hydrogens (tertiary/aromatic N) is 10. The van der Waals surface area contributed by atoms with Gasteiger partial charge in [0, 0.05) is 11.4 Å². The summed E-state index contributed by atoms with van der Waals surface area (Å²) >= 11 is 0. The highest BCUT2D eigenvalue weighted by molar-refractivity contribution is 5.72. The number of hydrogen-bond acceptors (Lipinski definition) is 8. The van der Waals surface area contributed by atoms with Crippen LogP contribution in [0.1, 0.15) is 17.8 Å². The Labute approximate surface area is 188 Å². The molecule has 0 saturated carbocycles. The molecule has 0 fully saturated rings. The fourth-order valence-electron chi connectivity index (χ4n) is 3.82. The lowest BCUT2D eigenvalue weighted by Crippen LogP contribution is -2.02. The molecule has 10 heteroatoms. The Morgan fingerprint density at radius 1 is 0.606 bits per heavy atom. The molecule has 0 aliphatic carbocycles. The van der Waals surface area contributed by atoms with Crippen LogP contribution in [-0.4, -0.2) is 49.0 Å². The van der Waals surface area contributed by atoms with E-state index in [1.807, 2.05) is 45.5 Å². The van der Waals surface area contributed by atoms with Crippen LogP contribution in [0.2, 0.25) is 0 Å². The summed E-state index contributed by atoms with van der Waals surface area (Å²) in [5, 5.41) is 0. The summed E-state index contributed by atoms with van der Waals surface area (Å²) < 4.78 is 3.81. The van der Waals surface area contributed by atoms with Gasteiger partial charge in [0.1, 0.15) is 48.0 Å². The van der Waals surface area contributed by atoms with Gasteiger partial charge in [0.2, 0.25) is 0 Å². The van der Waals surface area contributed by atoms with E-state index < -0.39 is 0 Å². The average Bonchev–Trinajstić information content (AvgIpc) is 3.49. The second-order valence-corrected chi connectivity index (χ2v) is 7.52. The van der Waals surface area contributed by atoms with Crippen molar-refractivity contribution in [1.82, 2.24) is 49.0 Å². The summed E-state index contributed by atoms with van der Waals surface area (Å²) in [6.07, 6.45) is 12.5. The van der Waals surface area contributed by atoms with Crippen molar-refractivity contribution in [1.29, 1.82) is 0 Å². The van der Waals surface area contributed by atoms with E-state index in [2.05, 4.69) is 29.9 Å². The Bertz CT molecular complexity index is 1450. The normalized spacial score (nSPS) is 11.4. The molecule has 0 aliphatic heterocycles. The predicted molar refractivity (Wildman–Crippen MR) is 121 cm³/mol. The first-order valence-electron chi connectivity index (χ1n) is 10.5. The Hall–Kier alpha value is -4.60. The molecule has 33 heavy (non-hydrogen) atoms. The van der Waals surface area contributed by atoms with Gasteiger partial charge in [-0.3, -0.25) is 9.13 Å². The number of aryl methyl sites for hydroxylation is 2. The number of imidazole rings is 2. The number of fused-ring (bicyclic) bond motifs is 2. The lowest BCUT2D eigenvalue weighted by molar-refractivity contribution is 0.773. The highest BCUT2D eigenvalue weighted by Crippen LogP contribution is 2.17. The molecule has 0 unspecified atom stereocenters. The molecule has 160 valence electrons. The van der Waals surface area contributed by atoms with Crippen LogP contribution in [0.15, 0.2) is 74.1 Å².